The largest absolute Gasteiger partial charge is 0.383 e. The van der Waals surface area contributed by atoms with Crippen molar-refractivity contribution in [1.82, 2.24) is 4.90 Å². The van der Waals surface area contributed by atoms with E-state index in [9.17, 15) is 0 Å². The van der Waals surface area contributed by atoms with E-state index in [1.165, 1.54) is 16.7 Å². The number of methoxy groups -OCH3 is 1. The predicted octanol–water partition coefficient (Wildman–Crippen LogP) is 2.80. The molecule has 1 aliphatic heterocycles. The first-order valence-electron chi connectivity index (χ1n) is 6.60. The van der Waals surface area contributed by atoms with Crippen molar-refractivity contribution in [2.45, 2.75) is 32.0 Å². The molecule has 0 saturated carbocycles. The number of ether oxygens (including phenoxy) is 1. The van der Waals surface area contributed by atoms with Gasteiger partial charge in [-0.05, 0) is 22.9 Å². The van der Waals surface area contributed by atoms with Crippen LogP contribution in [0.2, 0.25) is 0 Å². The van der Waals surface area contributed by atoms with E-state index in [2.05, 4.69) is 46.2 Å². The zero-order valence-electron chi connectivity index (χ0n) is 11.7. The summed E-state index contributed by atoms with van der Waals surface area (Å²) in [6.45, 7) is 8.68. The number of nitrogens with zero attached hydrogens (tertiary/aromatic N) is 1. The molecule has 1 heterocycles. The van der Waals surface area contributed by atoms with E-state index < -0.39 is 0 Å². The minimum absolute atomic E-state index is 0.237. The second-order valence-corrected chi connectivity index (χ2v) is 6.19. The molecule has 1 aromatic carbocycles. The highest BCUT2D eigenvalue weighted by Gasteiger charge is 2.31. The van der Waals surface area contributed by atoms with E-state index in [-0.39, 0.29) is 5.41 Å². The quantitative estimate of drug-likeness (QED) is 0.776. The summed E-state index contributed by atoms with van der Waals surface area (Å²) in [6.07, 6.45) is 1.03. The third-order valence-corrected chi connectivity index (χ3v) is 4.23. The summed E-state index contributed by atoms with van der Waals surface area (Å²) < 4.78 is 5.20. The number of fused-ring (bicyclic) bond motifs is 1. The lowest BCUT2D eigenvalue weighted by Gasteiger charge is -2.40. The normalized spacial score (nSPS) is 18.7. The fourth-order valence-corrected chi connectivity index (χ4v) is 3.14. The lowest BCUT2D eigenvalue weighted by Crippen LogP contribution is -2.43. The summed E-state index contributed by atoms with van der Waals surface area (Å²) in [4.78, 5) is 2.50. The zero-order valence-corrected chi connectivity index (χ0v) is 12.9. The van der Waals surface area contributed by atoms with Crippen molar-refractivity contribution in [2.24, 2.45) is 0 Å². The van der Waals surface area contributed by atoms with Gasteiger partial charge in [0.05, 0.1) is 6.61 Å². The Morgan fingerprint density at radius 3 is 2.83 bits per heavy atom. The molecule has 0 N–H and O–H groups in total. The van der Waals surface area contributed by atoms with Gasteiger partial charge in [0.15, 0.2) is 0 Å². The highest BCUT2D eigenvalue weighted by molar-refractivity contribution is 7.15. The van der Waals surface area contributed by atoms with Crippen molar-refractivity contribution in [1.29, 1.82) is 0 Å². The van der Waals surface area contributed by atoms with Crippen LogP contribution in [0.5, 0.6) is 0 Å². The van der Waals surface area contributed by atoms with Gasteiger partial charge < -0.3 is 4.74 Å². The summed E-state index contributed by atoms with van der Waals surface area (Å²) in [5.41, 5.74) is 4.64. The number of hydrogen-bond donors (Lipinski definition) is 0. The van der Waals surface area contributed by atoms with Gasteiger partial charge in [0, 0.05) is 32.2 Å². The van der Waals surface area contributed by atoms with E-state index in [4.69, 9.17) is 4.74 Å². The Bertz CT molecular complexity index is 417. The van der Waals surface area contributed by atoms with E-state index in [0.717, 1.165) is 32.4 Å². The maximum absolute atomic E-state index is 5.20. The Hall–Kier alpha value is -0.430. The molecule has 0 amide bonds. The molecule has 0 aromatic heterocycles. The van der Waals surface area contributed by atoms with Crippen LogP contribution in [0.25, 0.3) is 0 Å². The van der Waals surface area contributed by atoms with Crippen LogP contribution in [-0.2, 0) is 22.9 Å². The number of hydrogen-bond acceptors (Lipinski definition) is 2. The van der Waals surface area contributed by atoms with Crippen LogP contribution in [0.1, 0.15) is 30.5 Å². The maximum atomic E-state index is 5.20. The van der Waals surface area contributed by atoms with Gasteiger partial charge >= 0.3 is 0 Å². The number of rotatable bonds is 4. The van der Waals surface area contributed by atoms with Crippen molar-refractivity contribution < 1.29 is 4.74 Å². The summed E-state index contributed by atoms with van der Waals surface area (Å²) in [5.74, 6) is 0. The molecule has 0 aliphatic carbocycles. The Labute approximate surface area is 113 Å². The van der Waals surface area contributed by atoms with E-state index in [1.54, 1.807) is 7.11 Å². The molecule has 0 radical (unpaired) electrons. The molecule has 1 aromatic rings. The monoisotopic (exact) mass is 265 g/mol. The molecule has 18 heavy (non-hydrogen) atoms. The van der Waals surface area contributed by atoms with Crippen LogP contribution < -0.4 is 0 Å². The van der Waals surface area contributed by atoms with Gasteiger partial charge in [-0.15, -0.1) is 9.24 Å². The third kappa shape index (κ3) is 2.93. The van der Waals surface area contributed by atoms with Crippen LogP contribution in [-0.4, -0.2) is 31.7 Å². The Balaban J connectivity index is 2.25. The van der Waals surface area contributed by atoms with E-state index in [0.29, 0.717) is 0 Å². The van der Waals surface area contributed by atoms with Gasteiger partial charge in [-0.1, -0.05) is 32.0 Å². The maximum Gasteiger partial charge on any atom is 0.0589 e. The van der Waals surface area contributed by atoms with Crippen molar-refractivity contribution in [3.63, 3.8) is 0 Å². The molecule has 100 valence electrons. The van der Waals surface area contributed by atoms with Crippen molar-refractivity contribution in [3.8, 4) is 0 Å². The molecular weight excluding hydrogens is 241 g/mol. The molecular formula is C15H24NOP. The Kier molecular flexibility index (Phi) is 4.42. The van der Waals surface area contributed by atoms with Gasteiger partial charge in [-0.25, -0.2) is 0 Å². The molecule has 2 rings (SSSR count). The minimum atomic E-state index is 0.237. The summed E-state index contributed by atoms with van der Waals surface area (Å²) in [5, 5.41) is 0. The third-order valence-electron chi connectivity index (χ3n) is 3.76. The lowest BCUT2D eigenvalue weighted by atomic mass is 9.78. The molecule has 0 fully saturated rings. The van der Waals surface area contributed by atoms with Crippen LogP contribution >= 0.6 is 9.24 Å². The van der Waals surface area contributed by atoms with Crippen LogP contribution in [0, 0.1) is 0 Å². The lowest BCUT2D eigenvalue weighted by molar-refractivity contribution is 0.121. The van der Waals surface area contributed by atoms with Crippen LogP contribution in [0.3, 0.4) is 0 Å². The Morgan fingerprint density at radius 2 is 2.17 bits per heavy atom. The Morgan fingerprint density at radius 1 is 1.39 bits per heavy atom. The first-order chi connectivity index (χ1) is 8.56. The second-order valence-electron chi connectivity index (χ2n) is 5.78. The second kappa shape index (κ2) is 5.69. The summed E-state index contributed by atoms with van der Waals surface area (Å²) in [7, 11) is 4.58. The fraction of sp³-hybridized carbons (Fsp3) is 0.600. The zero-order chi connectivity index (χ0) is 13.2. The average Bonchev–Trinajstić information content (AvgIpc) is 2.34. The molecule has 0 bridgehead atoms. The van der Waals surface area contributed by atoms with Gasteiger partial charge in [-0.2, -0.15) is 0 Å². The summed E-state index contributed by atoms with van der Waals surface area (Å²) in [6, 6.07) is 6.95. The highest BCUT2D eigenvalue weighted by Crippen LogP contribution is 2.33. The standard InChI is InChI=1S/C15H24NOP/c1-15(2)11-16(6-7-17-3)9-13-8-12(10-18)4-5-14(13)15/h4-5,8H,6-7,9-11,18H2,1-3H3. The van der Waals surface area contributed by atoms with E-state index in [1.807, 2.05) is 0 Å². The predicted molar refractivity (Wildman–Crippen MR) is 80.0 cm³/mol. The van der Waals surface area contributed by atoms with Gasteiger partial charge in [0.1, 0.15) is 0 Å². The fourth-order valence-electron chi connectivity index (χ4n) is 2.88. The first kappa shape index (κ1) is 14.0. The molecule has 0 spiro atoms. The van der Waals surface area contributed by atoms with Gasteiger partial charge in [0.25, 0.3) is 0 Å². The smallest absolute Gasteiger partial charge is 0.0589 e. The number of benzene rings is 1. The molecule has 2 nitrogen and oxygen atoms in total. The van der Waals surface area contributed by atoms with Crippen LogP contribution in [0.15, 0.2) is 18.2 Å². The van der Waals surface area contributed by atoms with Crippen molar-refractivity contribution in [3.05, 3.63) is 34.9 Å². The van der Waals surface area contributed by atoms with E-state index >= 15 is 0 Å². The van der Waals surface area contributed by atoms with Crippen molar-refractivity contribution in [2.75, 3.05) is 26.8 Å². The molecule has 0 saturated heterocycles. The topological polar surface area (TPSA) is 12.5 Å². The molecule has 1 aliphatic rings. The summed E-state index contributed by atoms with van der Waals surface area (Å²) >= 11 is 0. The highest BCUT2D eigenvalue weighted by atomic mass is 31.0. The SMILES string of the molecule is COCCN1Cc2cc(CP)ccc2C(C)(C)C1. The molecule has 3 heteroatoms. The minimum Gasteiger partial charge on any atom is -0.383 e. The van der Waals surface area contributed by atoms with Gasteiger partial charge in [-0.3, -0.25) is 4.90 Å². The first-order valence-corrected chi connectivity index (χ1v) is 7.42. The van der Waals surface area contributed by atoms with Crippen LogP contribution in [0.4, 0.5) is 0 Å². The van der Waals surface area contributed by atoms with Crippen molar-refractivity contribution >= 4 is 9.24 Å². The molecule has 1 atom stereocenters. The average molecular weight is 265 g/mol. The molecule has 1 unspecified atom stereocenters. The van der Waals surface area contributed by atoms with Gasteiger partial charge in [0.2, 0.25) is 0 Å².